The zero-order valence-electron chi connectivity index (χ0n) is 17.4. The van der Waals surface area contributed by atoms with E-state index in [0.717, 1.165) is 25.7 Å². The molecule has 0 aromatic heterocycles. The number of ether oxygens (including phenoxy) is 1. The Hall–Kier alpha value is -2.16. The molecule has 9 heteroatoms. The van der Waals surface area contributed by atoms with Crippen molar-refractivity contribution < 1.29 is 29.0 Å². The second-order valence-electron chi connectivity index (χ2n) is 7.41. The maximum Gasteiger partial charge on any atom is 0.328 e. The third kappa shape index (κ3) is 9.74. The van der Waals surface area contributed by atoms with Gasteiger partial charge >= 0.3 is 11.9 Å². The van der Waals surface area contributed by atoms with Gasteiger partial charge in [-0.3, -0.25) is 14.4 Å². The number of carbonyl (C=O) groups is 4. The van der Waals surface area contributed by atoms with Crippen LogP contribution < -0.4 is 11.1 Å². The molecule has 1 fully saturated rings. The molecule has 1 saturated heterocycles. The van der Waals surface area contributed by atoms with Crippen molar-refractivity contribution in [1.82, 2.24) is 10.2 Å². The zero-order chi connectivity index (χ0) is 21.6. The largest absolute Gasteiger partial charge is 0.481 e. The Morgan fingerprint density at radius 2 is 1.93 bits per heavy atom. The van der Waals surface area contributed by atoms with Gasteiger partial charge in [-0.15, -0.1) is 0 Å². The van der Waals surface area contributed by atoms with Crippen LogP contribution in [0.3, 0.4) is 0 Å². The van der Waals surface area contributed by atoms with E-state index in [1.165, 1.54) is 0 Å². The van der Waals surface area contributed by atoms with Gasteiger partial charge in [0.2, 0.25) is 11.8 Å². The number of rotatable bonds is 14. The Kier molecular flexibility index (Phi) is 11.9. The Morgan fingerprint density at radius 3 is 2.62 bits per heavy atom. The summed E-state index contributed by atoms with van der Waals surface area (Å²) >= 11 is 0. The molecular weight excluding hydrogens is 378 g/mol. The van der Waals surface area contributed by atoms with E-state index in [1.54, 1.807) is 4.90 Å². The molecular formula is C20H35N3O6. The van der Waals surface area contributed by atoms with Gasteiger partial charge in [-0.2, -0.15) is 0 Å². The number of nitrogens with one attached hydrogen (secondary N) is 1. The minimum absolute atomic E-state index is 0.0281. The first-order valence-corrected chi connectivity index (χ1v) is 10.6. The minimum Gasteiger partial charge on any atom is -0.481 e. The van der Waals surface area contributed by atoms with Crippen LogP contribution in [0.15, 0.2) is 0 Å². The fraction of sp³-hybridized carbons (Fsp3) is 0.800. The summed E-state index contributed by atoms with van der Waals surface area (Å²) in [5, 5.41) is 11.3. The van der Waals surface area contributed by atoms with Crippen LogP contribution in [0.25, 0.3) is 0 Å². The predicted molar refractivity (Wildman–Crippen MR) is 107 cm³/mol. The molecule has 0 saturated carbocycles. The fourth-order valence-electron chi connectivity index (χ4n) is 3.20. The summed E-state index contributed by atoms with van der Waals surface area (Å²) in [7, 11) is 0. The molecule has 2 atom stereocenters. The number of carbonyl (C=O) groups excluding carboxylic acids is 3. The van der Waals surface area contributed by atoms with Crippen molar-refractivity contribution in [1.29, 1.82) is 0 Å². The number of nitrogens with zero attached hydrogens (tertiary/aromatic N) is 1. The average molecular weight is 414 g/mol. The van der Waals surface area contributed by atoms with E-state index < -0.39 is 18.1 Å². The standard InChI is InChI=1S/C20H35N3O6/c1-2-3-14-29-20(28)16-8-7-13-23(16)17(24)9-5-4-6-12-22-19(27)15(21)10-11-18(25)26/h15-16H,2-14,21H2,1H3,(H,22,27)(H,25,26)/t15-,16+/m1/s1. The molecule has 0 aromatic carbocycles. The summed E-state index contributed by atoms with van der Waals surface area (Å²) in [5.74, 6) is -1.66. The van der Waals surface area contributed by atoms with Crippen LogP contribution >= 0.6 is 0 Å². The van der Waals surface area contributed by atoms with E-state index in [2.05, 4.69) is 5.32 Å². The van der Waals surface area contributed by atoms with Crippen LogP contribution in [0.5, 0.6) is 0 Å². The molecule has 0 aliphatic carbocycles. The van der Waals surface area contributed by atoms with Crippen molar-refractivity contribution >= 4 is 23.8 Å². The molecule has 166 valence electrons. The number of carboxylic acid groups (broad SMARTS) is 1. The van der Waals surface area contributed by atoms with Gasteiger partial charge in [0.15, 0.2) is 0 Å². The number of unbranched alkanes of at least 4 members (excludes halogenated alkanes) is 3. The van der Waals surface area contributed by atoms with E-state index in [1.807, 2.05) is 6.92 Å². The molecule has 1 rings (SSSR count). The van der Waals surface area contributed by atoms with E-state index >= 15 is 0 Å². The lowest BCUT2D eigenvalue weighted by Gasteiger charge is -2.23. The molecule has 1 aliphatic rings. The first-order valence-electron chi connectivity index (χ1n) is 10.6. The molecule has 0 bridgehead atoms. The maximum absolute atomic E-state index is 12.4. The average Bonchev–Trinajstić information content (AvgIpc) is 3.18. The van der Waals surface area contributed by atoms with Crippen LogP contribution in [0.4, 0.5) is 0 Å². The van der Waals surface area contributed by atoms with Gasteiger partial charge < -0.3 is 25.8 Å². The highest BCUT2D eigenvalue weighted by atomic mass is 16.5. The quantitative estimate of drug-likeness (QED) is 0.287. The van der Waals surface area contributed by atoms with Crippen molar-refractivity contribution in [3.8, 4) is 0 Å². The first kappa shape index (κ1) is 24.9. The molecule has 29 heavy (non-hydrogen) atoms. The number of amides is 2. The molecule has 9 nitrogen and oxygen atoms in total. The SMILES string of the molecule is CCCCOC(=O)[C@@H]1CCCN1C(=O)CCCCCNC(=O)[C@H](N)CCC(=O)O. The Morgan fingerprint density at radius 1 is 1.17 bits per heavy atom. The Balaban J connectivity index is 2.19. The van der Waals surface area contributed by atoms with Crippen molar-refractivity contribution in [3.63, 3.8) is 0 Å². The summed E-state index contributed by atoms with van der Waals surface area (Å²) < 4.78 is 5.26. The summed E-state index contributed by atoms with van der Waals surface area (Å²) in [6, 6.07) is -1.28. The summed E-state index contributed by atoms with van der Waals surface area (Å²) in [4.78, 5) is 48.4. The molecule has 4 N–H and O–H groups in total. The van der Waals surface area contributed by atoms with Gasteiger partial charge in [-0.25, -0.2) is 4.79 Å². The third-order valence-corrected chi connectivity index (χ3v) is 4.96. The summed E-state index contributed by atoms with van der Waals surface area (Å²) in [6.07, 6.45) is 5.72. The highest BCUT2D eigenvalue weighted by molar-refractivity contribution is 5.85. The molecule has 1 heterocycles. The van der Waals surface area contributed by atoms with Crippen molar-refractivity contribution in [2.24, 2.45) is 5.73 Å². The molecule has 0 unspecified atom stereocenters. The number of likely N-dealkylation sites (tertiary alicyclic amines) is 1. The number of hydrogen-bond donors (Lipinski definition) is 3. The van der Waals surface area contributed by atoms with Gasteiger partial charge in [-0.05, 0) is 38.5 Å². The minimum atomic E-state index is -0.979. The van der Waals surface area contributed by atoms with Crippen LogP contribution in [0.2, 0.25) is 0 Å². The van der Waals surface area contributed by atoms with Crippen LogP contribution in [-0.2, 0) is 23.9 Å². The second-order valence-corrected chi connectivity index (χ2v) is 7.41. The van der Waals surface area contributed by atoms with Gasteiger partial charge in [0.05, 0.1) is 12.6 Å². The zero-order valence-corrected chi connectivity index (χ0v) is 17.4. The third-order valence-electron chi connectivity index (χ3n) is 4.96. The lowest BCUT2D eigenvalue weighted by Crippen LogP contribution is -2.41. The van der Waals surface area contributed by atoms with Gasteiger partial charge in [0.25, 0.3) is 0 Å². The lowest BCUT2D eigenvalue weighted by molar-refractivity contribution is -0.153. The highest BCUT2D eigenvalue weighted by Gasteiger charge is 2.34. The fourth-order valence-corrected chi connectivity index (χ4v) is 3.20. The van der Waals surface area contributed by atoms with Crippen LogP contribution in [0, 0.1) is 0 Å². The number of esters is 1. The predicted octanol–water partition coefficient (Wildman–Crippen LogP) is 1.19. The lowest BCUT2D eigenvalue weighted by atomic mass is 10.1. The monoisotopic (exact) mass is 413 g/mol. The van der Waals surface area contributed by atoms with E-state index in [9.17, 15) is 19.2 Å². The first-order chi connectivity index (χ1) is 13.9. The highest BCUT2D eigenvalue weighted by Crippen LogP contribution is 2.20. The molecule has 1 aliphatic heterocycles. The van der Waals surface area contributed by atoms with E-state index in [-0.39, 0.29) is 30.6 Å². The number of aliphatic carboxylic acids is 1. The van der Waals surface area contributed by atoms with Crippen LogP contribution in [0.1, 0.15) is 71.1 Å². The molecule has 0 radical (unpaired) electrons. The van der Waals surface area contributed by atoms with Crippen molar-refractivity contribution in [2.75, 3.05) is 19.7 Å². The van der Waals surface area contributed by atoms with Crippen LogP contribution in [-0.4, -0.2) is 65.5 Å². The smallest absolute Gasteiger partial charge is 0.328 e. The van der Waals surface area contributed by atoms with Gasteiger partial charge in [-0.1, -0.05) is 19.8 Å². The molecule has 2 amide bonds. The number of hydrogen-bond acceptors (Lipinski definition) is 6. The molecule has 0 spiro atoms. The van der Waals surface area contributed by atoms with E-state index in [0.29, 0.717) is 45.4 Å². The molecule has 0 aromatic rings. The van der Waals surface area contributed by atoms with Crippen molar-refractivity contribution in [3.05, 3.63) is 0 Å². The summed E-state index contributed by atoms with van der Waals surface area (Å²) in [6.45, 7) is 3.46. The number of carboxylic acids is 1. The number of nitrogens with two attached hydrogens (primary N) is 1. The van der Waals surface area contributed by atoms with Gasteiger partial charge in [0, 0.05) is 25.9 Å². The Labute approximate surface area is 172 Å². The topological polar surface area (TPSA) is 139 Å². The van der Waals surface area contributed by atoms with E-state index in [4.69, 9.17) is 15.6 Å². The van der Waals surface area contributed by atoms with Crippen molar-refractivity contribution in [2.45, 2.75) is 83.2 Å². The summed E-state index contributed by atoms with van der Waals surface area (Å²) in [5.41, 5.74) is 5.63. The normalized spacial score (nSPS) is 17.0. The Bertz CT molecular complexity index is 554. The second kappa shape index (κ2) is 13.9. The maximum atomic E-state index is 12.4. The van der Waals surface area contributed by atoms with Gasteiger partial charge in [0.1, 0.15) is 6.04 Å².